The smallest absolute Gasteiger partial charge is 0.326 e. The lowest BCUT2D eigenvalue weighted by Crippen LogP contribution is -2.43. The van der Waals surface area contributed by atoms with E-state index in [9.17, 15) is 19.2 Å². The first kappa shape index (κ1) is 25.6. The highest BCUT2D eigenvalue weighted by molar-refractivity contribution is 8.18. The molecule has 0 radical (unpaired) electrons. The molecular weight excluding hydrogens is 464 g/mol. The van der Waals surface area contributed by atoms with Gasteiger partial charge in [0, 0.05) is 13.1 Å². The molecule has 1 aromatic rings. The fourth-order valence-electron chi connectivity index (χ4n) is 3.26. The molecule has 2 saturated heterocycles. The van der Waals surface area contributed by atoms with E-state index < -0.39 is 23.7 Å². The van der Waals surface area contributed by atoms with E-state index in [1.165, 1.54) is 0 Å². The quantitative estimate of drug-likeness (QED) is 0.379. The average Bonchev–Trinajstić information content (AvgIpc) is 3.06. The van der Waals surface area contributed by atoms with Gasteiger partial charge in [-0.15, -0.1) is 0 Å². The van der Waals surface area contributed by atoms with Crippen molar-refractivity contribution in [1.29, 1.82) is 0 Å². The van der Waals surface area contributed by atoms with Gasteiger partial charge in [-0.25, -0.2) is 0 Å². The lowest BCUT2D eigenvalue weighted by Gasteiger charge is -2.26. The van der Waals surface area contributed by atoms with E-state index >= 15 is 0 Å². The molecule has 11 heteroatoms. The summed E-state index contributed by atoms with van der Waals surface area (Å²) >= 11 is 0.749. The van der Waals surface area contributed by atoms with Gasteiger partial charge in [-0.2, -0.15) is 0 Å². The second kappa shape index (κ2) is 11.9. The minimum Gasteiger partial charge on any atom is -0.490 e. The summed E-state index contributed by atoms with van der Waals surface area (Å²) in [6.45, 7) is 7.07. The van der Waals surface area contributed by atoms with Gasteiger partial charge in [0.2, 0.25) is 0 Å². The van der Waals surface area contributed by atoms with Gasteiger partial charge < -0.3 is 23.8 Å². The van der Waals surface area contributed by atoms with Crippen molar-refractivity contribution in [2.24, 2.45) is 0 Å². The SMILES string of the molecule is CCOc1cc(/C=C2\SC(=O)N(CC(=O)OC(C)C)C2=O)ccc1OCC(=O)N1CCOCC1. The normalized spacial score (nSPS) is 17.5. The Bertz CT molecular complexity index is 972. The fourth-order valence-corrected chi connectivity index (χ4v) is 4.10. The summed E-state index contributed by atoms with van der Waals surface area (Å²) in [4.78, 5) is 51.8. The Morgan fingerprint density at radius 2 is 1.88 bits per heavy atom. The summed E-state index contributed by atoms with van der Waals surface area (Å²) in [6, 6.07) is 5.00. The number of esters is 1. The van der Waals surface area contributed by atoms with E-state index in [4.69, 9.17) is 18.9 Å². The molecule has 0 spiro atoms. The largest absolute Gasteiger partial charge is 0.490 e. The molecule has 0 bridgehead atoms. The van der Waals surface area contributed by atoms with Crippen LogP contribution in [0.15, 0.2) is 23.1 Å². The first-order valence-corrected chi connectivity index (χ1v) is 11.8. The van der Waals surface area contributed by atoms with Crippen LogP contribution in [-0.2, 0) is 23.9 Å². The molecule has 3 rings (SSSR count). The van der Waals surface area contributed by atoms with E-state index in [0.717, 1.165) is 16.7 Å². The molecule has 2 aliphatic heterocycles. The molecule has 2 heterocycles. The van der Waals surface area contributed by atoms with E-state index in [1.807, 2.05) is 6.92 Å². The minimum absolute atomic E-state index is 0.134. The second-order valence-corrected chi connectivity index (χ2v) is 8.72. The summed E-state index contributed by atoms with van der Waals surface area (Å²) < 4.78 is 21.6. The number of nitrogens with zero attached hydrogens (tertiary/aromatic N) is 2. The van der Waals surface area contributed by atoms with Gasteiger partial charge in [0.25, 0.3) is 17.1 Å². The molecule has 2 fully saturated rings. The highest BCUT2D eigenvalue weighted by atomic mass is 32.2. The number of hydrogen-bond donors (Lipinski definition) is 0. The number of imide groups is 1. The number of morpholine rings is 1. The van der Waals surface area contributed by atoms with Crippen LogP contribution >= 0.6 is 11.8 Å². The molecule has 1 aromatic carbocycles. The monoisotopic (exact) mass is 492 g/mol. The van der Waals surface area contributed by atoms with Crippen molar-refractivity contribution in [1.82, 2.24) is 9.80 Å². The zero-order valence-corrected chi connectivity index (χ0v) is 20.2. The average molecular weight is 493 g/mol. The molecule has 184 valence electrons. The van der Waals surface area contributed by atoms with Crippen LogP contribution < -0.4 is 9.47 Å². The first-order chi connectivity index (χ1) is 16.3. The Morgan fingerprint density at radius 1 is 1.15 bits per heavy atom. The molecule has 0 N–H and O–H groups in total. The predicted octanol–water partition coefficient (Wildman–Crippen LogP) is 2.31. The van der Waals surface area contributed by atoms with Crippen molar-refractivity contribution in [3.05, 3.63) is 28.7 Å². The number of rotatable bonds is 9. The van der Waals surface area contributed by atoms with Crippen LogP contribution in [0.25, 0.3) is 6.08 Å². The molecule has 10 nitrogen and oxygen atoms in total. The molecule has 0 atom stereocenters. The number of hydrogen-bond acceptors (Lipinski definition) is 9. The summed E-state index contributed by atoms with van der Waals surface area (Å²) in [5, 5.41) is -0.538. The van der Waals surface area contributed by atoms with Gasteiger partial charge in [0.05, 0.1) is 30.8 Å². The first-order valence-electron chi connectivity index (χ1n) is 11.0. The number of benzene rings is 1. The Morgan fingerprint density at radius 3 is 2.56 bits per heavy atom. The van der Waals surface area contributed by atoms with Gasteiger partial charge in [-0.1, -0.05) is 6.07 Å². The summed E-state index contributed by atoms with van der Waals surface area (Å²) in [7, 11) is 0. The topological polar surface area (TPSA) is 112 Å². The van der Waals surface area contributed by atoms with Crippen LogP contribution in [0.2, 0.25) is 0 Å². The maximum Gasteiger partial charge on any atom is 0.326 e. The van der Waals surface area contributed by atoms with Crippen molar-refractivity contribution in [3.8, 4) is 11.5 Å². The van der Waals surface area contributed by atoms with Crippen molar-refractivity contribution < 1.29 is 38.1 Å². The van der Waals surface area contributed by atoms with Crippen LogP contribution in [0.5, 0.6) is 11.5 Å². The molecular formula is C23H28N2O8S. The van der Waals surface area contributed by atoms with Crippen molar-refractivity contribution >= 4 is 40.9 Å². The number of carbonyl (C=O) groups excluding carboxylic acids is 4. The highest BCUT2D eigenvalue weighted by Gasteiger charge is 2.36. The van der Waals surface area contributed by atoms with E-state index in [-0.39, 0.29) is 23.5 Å². The van der Waals surface area contributed by atoms with E-state index in [1.54, 1.807) is 43.0 Å². The summed E-state index contributed by atoms with van der Waals surface area (Å²) in [5.74, 6) is -0.550. The third kappa shape index (κ3) is 6.73. The van der Waals surface area contributed by atoms with Crippen molar-refractivity contribution in [2.75, 3.05) is 46.1 Å². The van der Waals surface area contributed by atoms with Crippen molar-refractivity contribution in [3.63, 3.8) is 0 Å². The number of carbonyl (C=O) groups is 4. The molecule has 0 aromatic heterocycles. The Labute approximate surface area is 202 Å². The lowest BCUT2D eigenvalue weighted by molar-refractivity contribution is -0.149. The van der Waals surface area contributed by atoms with Gasteiger partial charge in [-0.3, -0.25) is 24.1 Å². The molecule has 0 aliphatic carbocycles. The zero-order valence-electron chi connectivity index (χ0n) is 19.4. The van der Waals surface area contributed by atoms with Gasteiger partial charge in [0.1, 0.15) is 6.54 Å². The van der Waals surface area contributed by atoms with E-state index in [0.29, 0.717) is 50.0 Å². The molecule has 0 unspecified atom stereocenters. The standard InChI is InChI=1S/C23H28N2O8S/c1-4-31-18-11-16(5-6-17(18)32-14-20(26)24-7-9-30-10-8-24)12-19-22(28)25(23(29)34-19)13-21(27)33-15(2)3/h5-6,11-12,15H,4,7-10,13-14H2,1-3H3/b19-12-. The second-order valence-electron chi connectivity index (χ2n) is 7.73. The van der Waals surface area contributed by atoms with Crippen LogP contribution in [0, 0.1) is 0 Å². The maximum absolute atomic E-state index is 12.6. The Kier molecular flexibility index (Phi) is 8.94. The van der Waals surface area contributed by atoms with Crippen LogP contribution in [0.4, 0.5) is 4.79 Å². The number of thioether (sulfide) groups is 1. The maximum atomic E-state index is 12.6. The van der Waals surface area contributed by atoms with Gasteiger partial charge >= 0.3 is 5.97 Å². The van der Waals surface area contributed by atoms with Gasteiger partial charge in [0.15, 0.2) is 18.1 Å². The van der Waals surface area contributed by atoms with Crippen LogP contribution in [-0.4, -0.2) is 85.0 Å². The Balaban J connectivity index is 1.69. The molecule has 2 aliphatic rings. The highest BCUT2D eigenvalue weighted by Crippen LogP contribution is 2.34. The number of amides is 3. The van der Waals surface area contributed by atoms with Crippen molar-refractivity contribution in [2.45, 2.75) is 26.9 Å². The third-order valence-electron chi connectivity index (χ3n) is 4.81. The Hall–Kier alpha value is -3.05. The third-order valence-corrected chi connectivity index (χ3v) is 5.72. The summed E-state index contributed by atoms with van der Waals surface area (Å²) in [5.41, 5.74) is 0.602. The minimum atomic E-state index is -0.648. The molecule has 3 amide bonds. The van der Waals surface area contributed by atoms with Crippen LogP contribution in [0.1, 0.15) is 26.3 Å². The predicted molar refractivity (Wildman–Crippen MR) is 124 cm³/mol. The van der Waals surface area contributed by atoms with Crippen LogP contribution in [0.3, 0.4) is 0 Å². The zero-order chi connectivity index (χ0) is 24.7. The van der Waals surface area contributed by atoms with Gasteiger partial charge in [-0.05, 0) is 56.3 Å². The lowest BCUT2D eigenvalue weighted by atomic mass is 10.2. The fraction of sp³-hybridized carbons (Fsp3) is 0.478. The molecule has 34 heavy (non-hydrogen) atoms. The summed E-state index contributed by atoms with van der Waals surface area (Å²) in [6.07, 6.45) is 1.20. The molecule has 0 saturated carbocycles. The van der Waals surface area contributed by atoms with E-state index in [2.05, 4.69) is 0 Å². The number of ether oxygens (including phenoxy) is 4.